The van der Waals surface area contributed by atoms with Crippen molar-refractivity contribution in [3.8, 4) is 0 Å². The van der Waals surface area contributed by atoms with E-state index in [0.717, 1.165) is 19.3 Å². The molecule has 0 aromatic carbocycles. The fourth-order valence-corrected chi connectivity index (χ4v) is 3.26. The van der Waals surface area contributed by atoms with Crippen molar-refractivity contribution in [2.75, 3.05) is 0 Å². The molecule has 2 fully saturated rings. The molecule has 0 amide bonds. The summed E-state index contributed by atoms with van der Waals surface area (Å²) in [7, 11) is -0.640. The summed E-state index contributed by atoms with van der Waals surface area (Å²) in [6.07, 6.45) is 5.25. The van der Waals surface area contributed by atoms with Gasteiger partial charge in [0, 0.05) is 6.04 Å². The van der Waals surface area contributed by atoms with Crippen LogP contribution in [0.4, 0.5) is 0 Å². The predicted octanol–water partition coefficient (Wildman–Crippen LogP) is 0.814. The predicted molar refractivity (Wildman–Crippen MR) is 57.5 cm³/mol. The van der Waals surface area contributed by atoms with Crippen molar-refractivity contribution < 1.29 is 14.9 Å². The summed E-state index contributed by atoms with van der Waals surface area (Å²) < 4.78 is 0. The molecule has 0 aromatic rings. The Hall–Kier alpha value is -0.545. The van der Waals surface area contributed by atoms with Crippen molar-refractivity contribution in [2.45, 2.75) is 51.0 Å². The highest BCUT2D eigenvalue weighted by atomic mass is 16.4. The number of carboxylic acid groups (broad SMARTS) is 1. The fraction of sp³-hybridized carbons (Fsp3) is 0.900. The molecular weight excluding hydrogens is 193 g/mol. The third kappa shape index (κ3) is 1.90. The molecule has 15 heavy (non-hydrogen) atoms. The monoisotopic (exact) mass is 211 g/mol. The highest BCUT2D eigenvalue weighted by molar-refractivity contribution is 6.46. The number of carbonyl (C=O) groups is 1. The van der Waals surface area contributed by atoms with Gasteiger partial charge in [0.15, 0.2) is 0 Å². The minimum absolute atomic E-state index is 0.292. The van der Waals surface area contributed by atoms with E-state index >= 15 is 0 Å². The molecule has 5 heteroatoms. The van der Waals surface area contributed by atoms with Gasteiger partial charge in [-0.05, 0) is 32.0 Å². The second kappa shape index (κ2) is 4.14. The number of nitrogens with zero attached hydrogens (tertiary/aromatic N) is 1. The topological polar surface area (TPSA) is 60.8 Å². The van der Waals surface area contributed by atoms with Crippen LogP contribution in [0, 0.1) is 5.92 Å². The van der Waals surface area contributed by atoms with Crippen molar-refractivity contribution in [1.82, 2.24) is 4.81 Å². The second-order valence-electron chi connectivity index (χ2n) is 4.78. The van der Waals surface area contributed by atoms with Crippen LogP contribution in [-0.2, 0) is 4.79 Å². The third-order valence-corrected chi connectivity index (χ3v) is 3.85. The van der Waals surface area contributed by atoms with Gasteiger partial charge >= 0.3 is 13.0 Å². The lowest BCUT2D eigenvalue weighted by Gasteiger charge is -2.33. The van der Waals surface area contributed by atoms with Crippen LogP contribution < -0.4 is 0 Å². The van der Waals surface area contributed by atoms with Gasteiger partial charge in [-0.1, -0.05) is 12.8 Å². The summed E-state index contributed by atoms with van der Waals surface area (Å²) in [5, 5.41) is 18.8. The molecule has 0 bridgehead atoms. The van der Waals surface area contributed by atoms with Gasteiger partial charge in [-0.25, -0.2) is 0 Å². The Morgan fingerprint density at radius 3 is 2.67 bits per heavy atom. The highest BCUT2D eigenvalue weighted by Crippen LogP contribution is 2.39. The van der Waals surface area contributed by atoms with Gasteiger partial charge in [0.1, 0.15) is 6.04 Å². The zero-order valence-electron chi connectivity index (χ0n) is 9.09. The second-order valence-corrected chi connectivity index (χ2v) is 4.78. The van der Waals surface area contributed by atoms with Crippen molar-refractivity contribution >= 4 is 13.0 Å². The lowest BCUT2D eigenvalue weighted by atomic mass is 9.79. The van der Waals surface area contributed by atoms with Crippen molar-refractivity contribution in [3.05, 3.63) is 0 Å². The van der Waals surface area contributed by atoms with Gasteiger partial charge in [-0.15, -0.1) is 0 Å². The summed E-state index contributed by atoms with van der Waals surface area (Å²) in [6, 6.07) is -0.182. The summed E-state index contributed by atoms with van der Waals surface area (Å²) in [6.45, 7) is 1.67. The minimum atomic E-state index is -0.787. The molecule has 1 aliphatic heterocycles. The Balaban J connectivity index is 2.17. The van der Waals surface area contributed by atoms with Crippen LogP contribution in [0.3, 0.4) is 0 Å². The molecule has 3 unspecified atom stereocenters. The summed E-state index contributed by atoms with van der Waals surface area (Å²) in [5.74, 6) is -0.306. The molecular formula is C10H18BNO3. The van der Waals surface area contributed by atoms with Crippen molar-refractivity contribution in [2.24, 2.45) is 5.92 Å². The van der Waals surface area contributed by atoms with Crippen LogP contribution in [0.5, 0.6) is 0 Å². The van der Waals surface area contributed by atoms with Crippen LogP contribution in [-0.4, -0.2) is 40.0 Å². The molecule has 1 saturated heterocycles. The maximum atomic E-state index is 11.1. The zero-order chi connectivity index (χ0) is 11.0. The van der Waals surface area contributed by atoms with Crippen molar-refractivity contribution in [1.29, 1.82) is 0 Å². The molecule has 4 nitrogen and oxygen atoms in total. The molecule has 2 N–H and O–H groups in total. The Kier molecular flexibility index (Phi) is 3.02. The first kappa shape index (κ1) is 11.0. The third-order valence-electron chi connectivity index (χ3n) is 3.85. The van der Waals surface area contributed by atoms with E-state index in [1.165, 1.54) is 6.42 Å². The molecule has 2 rings (SSSR count). The highest BCUT2D eigenvalue weighted by Gasteiger charge is 2.47. The van der Waals surface area contributed by atoms with Crippen LogP contribution in [0.25, 0.3) is 0 Å². The quantitative estimate of drug-likeness (QED) is 0.663. The first-order valence-electron chi connectivity index (χ1n) is 5.79. The fourth-order valence-electron chi connectivity index (χ4n) is 3.26. The first-order valence-corrected chi connectivity index (χ1v) is 5.79. The lowest BCUT2D eigenvalue weighted by Crippen LogP contribution is -2.50. The molecule has 3 atom stereocenters. The smallest absolute Gasteiger partial charge is 0.377 e. The van der Waals surface area contributed by atoms with Crippen LogP contribution in [0.15, 0.2) is 0 Å². The van der Waals surface area contributed by atoms with Gasteiger partial charge in [0.25, 0.3) is 0 Å². The normalized spacial score (nSPS) is 36.3. The number of fused-ring (bicyclic) bond motifs is 1. The SMILES string of the molecule is CB(O)N1C(C(=O)O)CC2CCCCC21. The molecule has 2 aliphatic rings. The van der Waals surface area contributed by atoms with Gasteiger partial charge in [0.2, 0.25) is 0 Å². The van der Waals surface area contributed by atoms with E-state index in [1.807, 2.05) is 0 Å². The van der Waals surface area contributed by atoms with Gasteiger partial charge in [-0.2, -0.15) is 0 Å². The van der Waals surface area contributed by atoms with E-state index in [-0.39, 0.29) is 0 Å². The Morgan fingerprint density at radius 1 is 1.40 bits per heavy atom. The maximum absolute atomic E-state index is 11.1. The lowest BCUT2D eigenvalue weighted by molar-refractivity contribution is -0.141. The minimum Gasteiger partial charge on any atom is -0.480 e. The largest absolute Gasteiger partial charge is 0.480 e. The van der Waals surface area contributed by atoms with E-state index in [1.54, 1.807) is 11.6 Å². The first-order chi connectivity index (χ1) is 7.11. The number of carboxylic acids is 1. The molecule has 1 heterocycles. The average Bonchev–Trinajstić information content (AvgIpc) is 2.56. The zero-order valence-corrected chi connectivity index (χ0v) is 9.09. The van der Waals surface area contributed by atoms with Gasteiger partial charge in [0.05, 0.1) is 0 Å². The summed E-state index contributed by atoms with van der Waals surface area (Å²) in [5.41, 5.74) is 0. The Bertz CT molecular complexity index is 259. The molecule has 0 spiro atoms. The van der Waals surface area contributed by atoms with E-state index in [4.69, 9.17) is 5.11 Å². The molecule has 0 aromatic heterocycles. The molecule has 1 saturated carbocycles. The van der Waals surface area contributed by atoms with Crippen LogP contribution in [0.1, 0.15) is 32.1 Å². The van der Waals surface area contributed by atoms with E-state index in [2.05, 4.69) is 0 Å². The van der Waals surface area contributed by atoms with E-state index in [0.29, 0.717) is 18.4 Å². The number of hydrogen-bond acceptors (Lipinski definition) is 3. The standard InChI is InChI=1S/C10H18BNO3/c1-11(15)12-8-5-3-2-4-7(8)6-9(12)10(13)14/h7-9,15H,2-6H2,1H3,(H,13,14). The number of rotatable bonds is 2. The molecule has 0 radical (unpaired) electrons. The van der Waals surface area contributed by atoms with Crippen LogP contribution >= 0.6 is 0 Å². The maximum Gasteiger partial charge on any atom is 0.377 e. The number of aliphatic carboxylic acids is 1. The van der Waals surface area contributed by atoms with E-state index in [9.17, 15) is 9.82 Å². The van der Waals surface area contributed by atoms with E-state index < -0.39 is 19.1 Å². The molecule has 1 aliphatic carbocycles. The van der Waals surface area contributed by atoms with Crippen LogP contribution in [0.2, 0.25) is 6.82 Å². The number of hydrogen-bond donors (Lipinski definition) is 2. The Labute approximate surface area is 90.4 Å². The summed E-state index contributed by atoms with van der Waals surface area (Å²) >= 11 is 0. The van der Waals surface area contributed by atoms with Gasteiger partial charge < -0.3 is 14.9 Å². The Morgan fingerprint density at radius 2 is 2.07 bits per heavy atom. The van der Waals surface area contributed by atoms with Gasteiger partial charge in [-0.3, -0.25) is 4.79 Å². The summed E-state index contributed by atoms with van der Waals surface area (Å²) in [4.78, 5) is 12.9. The van der Waals surface area contributed by atoms with Crippen molar-refractivity contribution in [3.63, 3.8) is 0 Å². The molecule has 84 valence electrons. The average molecular weight is 211 g/mol.